The van der Waals surface area contributed by atoms with Crippen LogP contribution >= 0.6 is 23.8 Å². The van der Waals surface area contributed by atoms with Crippen LogP contribution in [0.3, 0.4) is 0 Å². The van der Waals surface area contributed by atoms with Crippen LogP contribution in [0.4, 0.5) is 11.5 Å². The molecule has 0 fully saturated rings. The van der Waals surface area contributed by atoms with Crippen molar-refractivity contribution in [1.82, 2.24) is 9.78 Å². The fourth-order valence-electron chi connectivity index (χ4n) is 2.68. The highest BCUT2D eigenvalue weighted by atomic mass is 35.5. The maximum Gasteiger partial charge on any atom is 0.338 e. The summed E-state index contributed by atoms with van der Waals surface area (Å²) in [5.41, 5.74) is 3.36. The molecule has 0 atom stereocenters. The summed E-state index contributed by atoms with van der Waals surface area (Å²) in [7, 11) is 0. The lowest BCUT2D eigenvalue weighted by atomic mass is 10.2. The number of benzene rings is 2. The molecule has 29 heavy (non-hydrogen) atoms. The Morgan fingerprint density at radius 1 is 1.14 bits per heavy atom. The lowest BCUT2D eigenvalue weighted by molar-refractivity contribution is 0.0526. The molecule has 0 amide bonds. The summed E-state index contributed by atoms with van der Waals surface area (Å²) in [6.45, 7) is 4.74. The Kier molecular flexibility index (Phi) is 6.85. The molecule has 0 spiro atoms. The third-order valence-corrected chi connectivity index (χ3v) is 4.58. The summed E-state index contributed by atoms with van der Waals surface area (Å²) >= 11 is 11.3. The third-order valence-electron chi connectivity index (χ3n) is 4.12. The molecule has 0 radical (unpaired) electrons. The molecule has 8 heteroatoms. The minimum absolute atomic E-state index is 0.344. The highest BCUT2D eigenvalue weighted by molar-refractivity contribution is 7.80. The number of rotatable bonds is 6. The fraction of sp³-hybridized carbons (Fsp3) is 0.190. The lowest BCUT2D eigenvalue weighted by Gasteiger charge is -2.09. The van der Waals surface area contributed by atoms with Gasteiger partial charge in [0.25, 0.3) is 0 Å². The Morgan fingerprint density at radius 3 is 2.48 bits per heavy atom. The molecule has 0 unspecified atom stereocenters. The summed E-state index contributed by atoms with van der Waals surface area (Å²) in [5.74, 6) is 0.304. The molecule has 0 saturated heterocycles. The van der Waals surface area contributed by atoms with Gasteiger partial charge >= 0.3 is 5.97 Å². The molecule has 1 aromatic heterocycles. The number of hydrogen-bond acceptors (Lipinski definition) is 4. The Morgan fingerprint density at radius 2 is 1.83 bits per heavy atom. The average Bonchev–Trinajstić information content (AvgIpc) is 3.03. The zero-order valence-electron chi connectivity index (χ0n) is 16.1. The molecule has 6 nitrogen and oxygen atoms in total. The standard InChI is InChI=1S/C21H21ClN4O2S/c1-3-28-20(27)16-6-10-18(11-7-16)23-21(29)24-19-12-14(2)26(25-19)13-15-4-8-17(22)9-5-15/h4-12H,3,13H2,1-2H3,(H2,23,24,25,29). The van der Waals surface area contributed by atoms with Crippen LogP contribution in [0.2, 0.25) is 5.02 Å². The van der Waals surface area contributed by atoms with Gasteiger partial charge in [0.2, 0.25) is 0 Å². The molecule has 150 valence electrons. The molecule has 2 N–H and O–H groups in total. The number of ether oxygens (including phenoxy) is 1. The Labute approximate surface area is 179 Å². The number of nitrogens with zero attached hydrogens (tertiary/aromatic N) is 2. The molecule has 2 aromatic carbocycles. The van der Waals surface area contributed by atoms with Crippen molar-refractivity contribution in [3.05, 3.63) is 76.4 Å². The molecular weight excluding hydrogens is 408 g/mol. The van der Waals surface area contributed by atoms with Gasteiger partial charge in [-0.3, -0.25) is 4.68 Å². The Balaban J connectivity index is 1.59. The minimum atomic E-state index is -0.346. The summed E-state index contributed by atoms with van der Waals surface area (Å²) in [5, 5.41) is 11.8. The van der Waals surface area contributed by atoms with Gasteiger partial charge in [-0.2, -0.15) is 5.10 Å². The monoisotopic (exact) mass is 428 g/mol. The van der Waals surface area contributed by atoms with Crippen molar-refractivity contribution in [2.24, 2.45) is 0 Å². The first kappa shape index (κ1) is 20.8. The molecule has 3 aromatic rings. The lowest BCUT2D eigenvalue weighted by Crippen LogP contribution is -2.19. The van der Waals surface area contributed by atoms with Gasteiger partial charge in [-0.1, -0.05) is 23.7 Å². The van der Waals surface area contributed by atoms with Crippen molar-refractivity contribution in [2.75, 3.05) is 17.2 Å². The predicted molar refractivity (Wildman–Crippen MR) is 120 cm³/mol. The van der Waals surface area contributed by atoms with Crippen LogP contribution in [-0.4, -0.2) is 27.5 Å². The first-order valence-corrected chi connectivity index (χ1v) is 9.87. The van der Waals surface area contributed by atoms with Crippen molar-refractivity contribution in [3.63, 3.8) is 0 Å². The van der Waals surface area contributed by atoms with Gasteiger partial charge < -0.3 is 15.4 Å². The number of esters is 1. The second-order valence-corrected chi connectivity index (χ2v) is 7.18. The number of nitrogens with one attached hydrogen (secondary N) is 2. The topological polar surface area (TPSA) is 68.2 Å². The van der Waals surface area contributed by atoms with E-state index >= 15 is 0 Å². The van der Waals surface area contributed by atoms with Gasteiger partial charge in [-0.05, 0) is 68.0 Å². The Bertz CT molecular complexity index is 1000. The highest BCUT2D eigenvalue weighted by Crippen LogP contribution is 2.15. The molecule has 1 heterocycles. The van der Waals surface area contributed by atoms with E-state index in [-0.39, 0.29) is 5.97 Å². The van der Waals surface area contributed by atoms with Crippen LogP contribution in [0.15, 0.2) is 54.6 Å². The molecule has 0 bridgehead atoms. The van der Waals surface area contributed by atoms with Crippen LogP contribution in [0.1, 0.15) is 28.5 Å². The third kappa shape index (κ3) is 5.79. The van der Waals surface area contributed by atoms with E-state index in [2.05, 4.69) is 15.7 Å². The summed E-state index contributed by atoms with van der Waals surface area (Å²) in [4.78, 5) is 11.7. The van der Waals surface area contributed by atoms with E-state index in [1.165, 1.54) is 0 Å². The number of anilines is 2. The molecule has 0 aliphatic rings. The maximum absolute atomic E-state index is 11.7. The van der Waals surface area contributed by atoms with E-state index in [9.17, 15) is 4.79 Å². The van der Waals surface area contributed by atoms with Crippen molar-refractivity contribution >= 4 is 46.4 Å². The summed E-state index contributed by atoms with van der Waals surface area (Å²) < 4.78 is 6.87. The number of carbonyl (C=O) groups excluding carboxylic acids is 1. The van der Waals surface area contributed by atoms with E-state index in [0.29, 0.717) is 34.7 Å². The smallest absolute Gasteiger partial charge is 0.338 e. The van der Waals surface area contributed by atoms with Gasteiger partial charge in [-0.15, -0.1) is 0 Å². The number of carbonyl (C=O) groups is 1. The van der Waals surface area contributed by atoms with E-state index in [1.807, 2.05) is 41.9 Å². The van der Waals surface area contributed by atoms with Crippen molar-refractivity contribution < 1.29 is 9.53 Å². The minimum Gasteiger partial charge on any atom is -0.462 e. The van der Waals surface area contributed by atoms with Gasteiger partial charge in [-0.25, -0.2) is 4.79 Å². The number of aromatic nitrogens is 2. The maximum atomic E-state index is 11.7. The normalized spacial score (nSPS) is 10.4. The molecule has 0 saturated carbocycles. The van der Waals surface area contributed by atoms with Crippen molar-refractivity contribution in [3.8, 4) is 0 Å². The van der Waals surface area contributed by atoms with E-state index in [1.54, 1.807) is 31.2 Å². The van der Waals surface area contributed by atoms with Gasteiger partial charge in [0, 0.05) is 22.5 Å². The number of halogens is 1. The largest absolute Gasteiger partial charge is 0.462 e. The zero-order valence-corrected chi connectivity index (χ0v) is 17.7. The number of hydrogen-bond donors (Lipinski definition) is 2. The van der Waals surface area contributed by atoms with Gasteiger partial charge in [0.15, 0.2) is 10.9 Å². The fourth-order valence-corrected chi connectivity index (χ4v) is 3.03. The van der Waals surface area contributed by atoms with Crippen LogP contribution < -0.4 is 10.6 Å². The quantitative estimate of drug-likeness (QED) is 0.431. The Hall–Kier alpha value is -2.90. The van der Waals surface area contributed by atoms with Crippen LogP contribution in [-0.2, 0) is 11.3 Å². The van der Waals surface area contributed by atoms with Crippen LogP contribution in [0.5, 0.6) is 0 Å². The predicted octanol–water partition coefficient (Wildman–Crippen LogP) is 4.88. The number of thiocarbonyl (C=S) groups is 1. The van der Waals surface area contributed by atoms with Gasteiger partial charge in [0.1, 0.15) is 0 Å². The highest BCUT2D eigenvalue weighted by Gasteiger charge is 2.09. The summed E-state index contributed by atoms with van der Waals surface area (Å²) in [6, 6.07) is 16.5. The van der Waals surface area contributed by atoms with Crippen molar-refractivity contribution in [1.29, 1.82) is 0 Å². The van der Waals surface area contributed by atoms with E-state index in [0.717, 1.165) is 16.9 Å². The average molecular weight is 429 g/mol. The first-order valence-electron chi connectivity index (χ1n) is 9.08. The molecule has 3 rings (SSSR count). The second-order valence-electron chi connectivity index (χ2n) is 6.33. The van der Waals surface area contributed by atoms with Crippen LogP contribution in [0.25, 0.3) is 0 Å². The zero-order chi connectivity index (χ0) is 20.8. The second kappa shape index (κ2) is 9.54. The SMILES string of the molecule is CCOC(=O)c1ccc(NC(=S)Nc2cc(C)n(Cc3ccc(Cl)cc3)n2)cc1. The number of aryl methyl sites for hydroxylation is 1. The molecule has 0 aliphatic carbocycles. The first-order chi connectivity index (χ1) is 13.9. The summed E-state index contributed by atoms with van der Waals surface area (Å²) in [6.07, 6.45) is 0. The van der Waals surface area contributed by atoms with Crippen molar-refractivity contribution in [2.45, 2.75) is 20.4 Å². The van der Waals surface area contributed by atoms with E-state index < -0.39 is 0 Å². The molecule has 0 aliphatic heterocycles. The van der Waals surface area contributed by atoms with Crippen LogP contribution in [0, 0.1) is 6.92 Å². The van der Waals surface area contributed by atoms with Gasteiger partial charge in [0.05, 0.1) is 18.7 Å². The van der Waals surface area contributed by atoms with E-state index in [4.69, 9.17) is 28.6 Å². The molecular formula is C21H21ClN4O2S.